The van der Waals surface area contributed by atoms with Crippen molar-refractivity contribution in [1.82, 2.24) is 5.32 Å². The molecule has 0 fully saturated rings. The Morgan fingerprint density at radius 3 is 2.53 bits per heavy atom. The van der Waals surface area contributed by atoms with Crippen LogP contribution in [0.3, 0.4) is 0 Å². The lowest BCUT2D eigenvalue weighted by atomic mass is 10.0. The summed E-state index contributed by atoms with van der Waals surface area (Å²) in [6.45, 7) is 6.09. The van der Waals surface area contributed by atoms with Crippen LogP contribution in [0.15, 0.2) is 18.2 Å². The molecule has 2 nitrogen and oxygen atoms in total. The number of hydrogen-bond acceptors (Lipinski definition) is 2. The van der Waals surface area contributed by atoms with E-state index in [0.717, 1.165) is 12.1 Å². The molecule has 0 aliphatic rings. The van der Waals surface area contributed by atoms with Gasteiger partial charge in [0, 0.05) is 6.54 Å². The van der Waals surface area contributed by atoms with Gasteiger partial charge in [0.2, 0.25) is 0 Å². The predicted molar refractivity (Wildman–Crippen MR) is 68.7 cm³/mol. The fraction of sp³-hybridized carbons (Fsp3) is 0.571. The van der Waals surface area contributed by atoms with Crippen LogP contribution in [0.25, 0.3) is 0 Å². The van der Waals surface area contributed by atoms with Crippen LogP contribution in [0.5, 0.6) is 5.75 Å². The van der Waals surface area contributed by atoms with Crippen molar-refractivity contribution in [2.24, 2.45) is 5.92 Å². The normalized spacial score (nSPS) is 10.9. The van der Waals surface area contributed by atoms with Crippen LogP contribution in [-0.2, 0) is 6.54 Å². The van der Waals surface area contributed by atoms with E-state index in [4.69, 9.17) is 4.74 Å². The van der Waals surface area contributed by atoms with Gasteiger partial charge in [-0.1, -0.05) is 32.8 Å². The molecule has 0 spiro atoms. The van der Waals surface area contributed by atoms with E-state index in [-0.39, 0.29) is 5.82 Å². The van der Waals surface area contributed by atoms with Crippen LogP contribution in [0, 0.1) is 11.7 Å². The number of halogens is 1. The van der Waals surface area contributed by atoms with E-state index < -0.39 is 0 Å². The standard InChI is InChI=1S/C14H22FNO/c1-4-11(5-2)9-16-10-12-6-7-14(17-3)13(15)8-12/h6-8,11,16H,4-5,9-10H2,1-3H3. The molecule has 1 aromatic carbocycles. The van der Waals surface area contributed by atoms with Gasteiger partial charge in [-0.3, -0.25) is 0 Å². The van der Waals surface area contributed by atoms with Crippen LogP contribution >= 0.6 is 0 Å². The van der Waals surface area contributed by atoms with Crippen LogP contribution in [0.4, 0.5) is 4.39 Å². The van der Waals surface area contributed by atoms with E-state index in [1.807, 2.05) is 6.07 Å². The number of ether oxygens (including phenoxy) is 1. The van der Waals surface area contributed by atoms with Crippen molar-refractivity contribution in [3.8, 4) is 5.75 Å². The molecule has 0 atom stereocenters. The van der Waals surface area contributed by atoms with Gasteiger partial charge in [0.1, 0.15) is 0 Å². The molecule has 1 N–H and O–H groups in total. The van der Waals surface area contributed by atoms with Crippen molar-refractivity contribution in [1.29, 1.82) is 0 Å². The second-order valence-corrected chi connectivity index (χ2v) is 4.28. The minimum atomic E-state index is -0.297. The van der Waals surface area contributed by atoms with Crippen molar-refractivity contribution in [3.05, 3.63) is 29.6 Å². The Kier molecular flexibility index (Phi) is 5.98. The topological polar surface area (TPSA) is 21.3 Å². The third-order valence-electron chi connectivity index (χ3n) is 3.13. The maximum Gasteiger partial charge on any atom is 0.165 e. The van der Waals surface area contributed by atoms with Crippen molar-refractivity contribution in [3.63, 3.8) is 0 Å². The highest BCUT2D eigenvalue weighted by molar-refractivity contribution is 5.29. The summed E-state index contributed by atoms with van der Waals surface area (Å²) in [4.78, 5) is 0. The summed E-state index contributed by atoms with van der Waals surface area (Å²) in [5.74, 6) is 0.709. The molecule has 3 heteroatoms. The second kappa shape index (κ2) is 7.28. The summed E-state index contributed by atoms with van der Waals surface area (Å²) >= 11 is 0. The SMILES string of the molecule is CCC(CC)CNCc1ccc(OC)c(F)c1. The third-order valence-corrected chi connectivity index (χ3v) is 3.13. The summed E-state index contributed by atoms with van der Waals surface area (Å²) in [5.41, 5.74) is 0.953. The van der Waals surface area contributed by atoms with Crippen LogP contribution in [0.2, 0.25) is 0 Å². The second-order valence-electron chi connectivity index (χ2n) is 4.28. The van der Waals surface area contributed by atoms with Gasteiger partial charge in [-0.05, 0) is 30.2 Å². The Bertz CT molecular complexity index is 337. The first-order valence-corrected chi connectivity index (χ1v) is 6.24. The van der Waals surface area contributed by atoms with Gasteiger partial charge in [0.05, 0.1) is 7.11 Å². The van der Waals surface area contributed by atoms with Crippen LogP contribution in [0.1, 0.15) is 32.3 Å². The Morgan fingerprint density at radius 1 is 1.29 bits per heavy atom. The van der Waals surface area contributed by atoms with Gasteiger partial charge in [-0.25, -0.2) is 4.39 Å². The van der Waals surface area contributed by atoms with Gasteiger partial charge in [0.25, 0.3) is 0 Å². The third kappa shape index (κ3) is 4.35. The molecule has 0 heterocycles. The Hall–Kier alpha value is -1.09. The molecule has 0 unspecified atom stereocenters. The molecule has 0 aliphatic carbocycles. The number of rotatable bonds is 7. The quantitative estimate of drug-likeness (QED) is 0.787. The molecule has 0 amide bonds. The maximum atomic E-state index is 13.4. The first-order valence-electron chi connectivity index (χ1n) is 6.24. The van der Waals surface area contributed by atoms with E-state index in [1.54, 1.807) is 6.07 Å². The van der Waals surface area contributed by atoms with Gasteiger partial charge >= 0.3 is 0 Å². The van der Waals surface area contributed by atoms with E-state index in [1.165, 1.54) is 26.0 Å². The number of nitrogens with one attached hydrogen (secondary N) is 1. The smallest absolute Gasteiger partial charge is 0.165 e. The highest BCUT2D eigenvalue weighted by Crippen LogP contribution is 2.17. The first-order chi connectivity index (χ1) is 8.21. The Labute approximate surface area is 103 Å². The van der Waals surface area contributed by atoms with Crippen molar-refractivity contribution in [2.75, 3.05) is 13.7 Å². The highest BCUT2D eigenvalue weighted by atomic mass is 19.1. The summed E-state index contributed by atoms with van der Waals surface area (Å²) in [7, 11) is 1.48. The molecule has 0 aromatic heterocycles. The molecule has 1 rings (SSSR count). The van der Waals surface area contributed by atoms with Crippen molar-refractivity contribution < 1.29 is 9.13 Å². The van der Waals surface area contributed by atoms with E-state index in [9.17, 15) is 4.39 Å². The molecule has 0 saturated carbocycles. The first kappa shape index (κ1) is 14.0. The fourth-order valence-corrected chi connectivity index (χ4v) is 1.82. The number of benzene rings is 1. The molecule has 0 aliphatic heterocycles. The van der Waals surface area contributed by atoms with Gasteiger partial charge < -0.3 is 10.1 Å². The zero-order chi connectivity index (χ0) is 12.7. The predicted octanol–water partition coefficient (Wildman–Crippen LogP) is 3.36. The molecular formula is C14H22FNO. The Balaban J connectivity index is 2.44. The maximum absolute atomic E-state index is 13.4. The highest BCUT2D eigenvalue weighted by Gasteiger charge is 2.05. The summed E-state index contributed by atoms with van der Waals surface area (Å²) < 4.78 is 18.3. The summed E-state index contributed by atoms with van der Waals surface area (Å²) in [6.07, 6.45) is 2.36. The average Bonchev–Trinajstić information content (AvgIpc) is 2.35. The van der Waals surface area contributed by atoms with E-state index in [2.05, 4.69) is 19.2 Å². The zero-order valence-electron chi connectivity index (χ0n) is 10.9. The molecule has 0 saturated heterocycles. The lowest BCUT2D eigenvalue weighted by molar-refractivity contribution is 0.385. The molecule has 96 valence electrons. The monoisotopic (exact) mass is 239 g/mol. The van der Waals surface area contributed by atoms with Gasteiger partial charge in [-0.2, -0.15) is 0 Å². The fourth-order valence-electron chi connectivity index (χ4n) is 1.82. The van der Waals surface area contributed by atoms with Gasteiger partial charge in [-0.15, -0.1) is 0 Å². The van der Waals surface area contributed by atoms with Crippen molar-refractivity contribution >= 4 is 0 Å². The number of hydrogen-bond donors (Lipinski definition) is 1. The molecule has 0 radical (unpaired) electrons. The van der Waals surface area contributed by atoms with Crippen LogP contribution in [-0.4, -0.2) is 13.7 Å². The summed E-state index contributed by atoms with van der Waals surface area (Å²) in [5, 5.41) is 3.36. The van der Waals surface area contributed by atoms with Crippen molar-refractivity contribution in [2.45, 2.75) is 33.2 Å². The largest absolute Gasteiger partial charge is 0.494 e. The minimum absolute atomic E-state index is 0.297. The summed E-state index contributed by atoms with van der Waals surface area (Å²) in [6, 6.07) is 5.09. The molecule has 17 heavy (non-hydrogen) atoms. The average molecular weight is 239 g/mol. The van der Waals surface area contributed by atoms with E-state index >= 15 is 0 Å². The molecule has 1 aromatic rings. The van der Waals surface area contributed by atoms with Gasteiger partial charge in [0.15, 0.2) is 11.6 Å². The minimum Gasteiger partial charge on any atom is -0.494 e. The van der Waals surface area contributed by atoms with E-state index in [0.29, 0.717) is 18.2 Å². The Morgan fingerprint density at radius 2 is 2.00 bits per heavy atom. The van der Waals surface area contributed by atoms with Crippen LogP contribution < -0.4 is 10.1 Å². The number of methoxy groups -OCH3 is 1. The zero-order valence-corrected chi connectivity index (χ0v) is 10.9. The molecular weight excluding hydrogens is 217 g/mol. The lowest BCUT2D eigenvalue weighted by Gasteiger charge is -2.13. The molecule has 0 bridgehead atoms. The lowest BCUT2D eigenvalue weighted by Crippen LogP contribution is -2.21.